The number of amides is 1. The Balaban J connectivity index is 1.39. The highest BCUT2D eigenvalue weighted by Crippen LogP contribution is 2.23. The fraction of sp³-hybridized carbons (Fsp3) is 0.421. The number of nitrogens with zero attached hydrogens (tertiary/aromatic N) is 4. The Kier molecular flexibility index (Phi) is 5.54. The van der Waals surface area contributed by atoms with Crippen LogP contribution >= 0.6 is 11.8 Å². The molecule has 0 unspecified atom stereocenters. The van der Waals surface area contributed by atoms with Gasteiger partial charge in [-0.25, -0.2) is 14.4 Å². The summed E-state index contributed by atoms with van der Waals surface area (Å²) in [7, 11) is 0. The van der Waals surface area contributed by atoms with Crippen LogP contribution in [0.15, 0.2) is 35.4 Å². The number of carbonyl (C=O) groups excluding carboxylic acids is 1. The second kappa shape index (κ2) is 8.22. The van der Waals surface area contributed by atoms with Gasteiger partial charge in [0.25, 0.3) is 0 Å². The number of anilines is 1. The lowest BCUT2D eigenvalue weighted by Crippen LogP contribution is -2.40. The maximum atomic E-state index is 13.0. The standard InChI is InChI=1S/C19H21FN4O2S/c20-15-1-3-16(4-2-15)27-13-18(25)24-6-5-14-11-21-19(22-17(14)12-24)23-7-9-26-10-8-23/h1-4,11H,5-10,12-13H2. The molecule has 0 saturated carbocycles. The van der Waals surface area contributed by atoms with E-state index >= 15 is 0 Å². The summed E-state index contributed by atoms with van der Waals surface area (Å²) in [6, 6.07) is 6.21. The molecule has 0 aliphatic carbocycles. The molecule has 0 radical (unpaired) electrons. The quantitative estimate of drug-likeness (QED) is 0.748. The van der Waals surface area contributed by atoms with Crippen molar-refractivity contribution in [3.05, 3.63) is 47.5 Å². The monoisotopic (exact) mass is 388 g/mol. The van der Waals surface area contributed by atoms with Gasteiger partial charge in [-0.15, -0.1) is 11.8 Å². The van der Waals surface area contributed by atoms with Gasteiger partial charge in [0.1, 0.15) is 5.82 Å². The van der Waals surface area contributed by atoms with Crippen molar-refractivity contribution in [1.29, 1.82) is 0 Å². The van der Waals surface area contributed by atoms with Crippen LogP contribution in [0, 0.1) is 5.82 Å². The zero-order valence-corrected chi connectivity index (χ0v) is 15.8. The molecule has 2 aromatic rings. The Bertz CT molecular complexity index is 812. The van der Waals surface area contributed by atoms with Gasteiger partial charge in [0.15, 0.2) is 0 Å². The Morgan fingerprint density at radius 1 is 1.19 bits per heavy atom. The van der Waals surface area contributed by atoms with Crippen molar-refractivity contribution in [1.82, 2.24) is 14.9 Å². The fourth-order valence-electron chi connectivity index (χ4n) is 3.19. The highest BCUT2D eigenvalue weighted by molar-refractivity contribution is 8.00. The van der Waals surface area contributed by atoms with Crippen LogP contribution in [0.4, 0.5) is 10.3 Å². The number of carbonyl (C=O) groups is 1. The molecule has 3 heterocycles. The lowest BCUT2D eigenvalue weighted by molar-refractivity contribution is -0.129. The van der Waals surface area contributed by atoms with E-state index in [1.54, 1.807) is 12.1 Å². The fourth-order valence-corrected chi connectivity index (χ4v) is 3.99. The normalized spacial score (nSPS) is 16.9. The van der Waals surface area contributed by atoms with Crippen molar-refractivity contribution in [3.63, 3.8) is 0 Å². The average molecular weight is 388 g/mol. The first-order chi connectivity index (χ1) is 13.2. The smallest absolute Gasteiger partial charge is 0.233 e. The van der Waals surface area contributed by atoms with Gasteiger partial charge in [0.05, 0.1) is 31.2 Å². The van der Waals surface area contributed by atoms with Gasteiger partial charge in [-0.3, -0.25) is 4.79 Å². The summed E-state index contributed by atoms with van der Waals surface area (Å²) in [5.74, 6) is 0.852. The topological polar surface area (TPSA) is 58.6 Å². The van der Waals surface area contributed by atoms with Crippen molar-refractivity contribution in [2.24, 2.45) is 0 Å². The summed E-state index contributed by atoms with van der Waals surface area (Å²) in [6.07, 6.45) is 2.66. The van der Waals surface area contributed by atoms with Gasteiger partial charge in [0, 0.05) is 30.7 Å². The molecule has 0 atom stereocenters. The lowest BCUT2D eigenvalue weighted by Gasteiger charge is -2.30. The minimum absolute atomic E-state index is 0.0708. The Labute approximate surface area is 161 Å². The number of thioether (sulfide) groups is 1. The van der Waals surface area contributed by atoms with Gasteiger partial charge >= 0.3 is 0 Å². The summed E-state index contributed by atoms with van der Waals surface area (Å²) in [5, 5.41) is 0. The first-order valence-corrected chi connectivity index (χ1v) is 10.0. The van der Waals surface area contributed by atoms with E-state index < -0.39 is 0 Å². The third-order valence-electron chi connectivity index (χ3n) is 4.76. The molecule has 0 N–H and O–H groups in total. The predicted molar refractivity (Wildman–Crippen MR) is 101 cm³/mol. The first-order valence-electron chi connectivity index (χ1n) is 9.03. The van der Waals surface area contributed by atoms with Crippen LogP contribution in [0.25, 0.3) is 0 Å². The molecule has 2 aliphatic heterocycles. The summed E-state index contributed by atoms with van der Waals surface area (Å²) >= 11 is 1.43. The maximum Gasteiger partial charge on any atom is 0.233 e. The highest BCUT2D eigenvalue weighted by atomic mass is 32.2. The SMILES string of the molecule is O=C(CSc1ccc(F)cc1)N1CCc2cnc(N3CCOCC3)nc2C1. The van der Waals surface area contributed by atoms with Crippen LogP contribution < -0.4 is 4.90 Å². The van der Waals surface area contributed by atoms with Gasteiger partial charge in [-0.1, -0.05) is 0 Å². The molecule has 0 spiro atoms. The van der Waals surface area contributed by atoms with Crippen LogP contribution in [0.2, 0.25) is 0 Å². The van der Waals surface area contributed by atoms with E-state index in [0.29, 0.717) is 38.0 Å². The van der Waals surface area contributed by atoms with Crippen LogP contribution in [0.5, 0.6) is 0 Å². The molecule has 1 aromatic carbocycles. The molecule has 1 aromatic heterocycles. The number of hydrogen-bond donors (Lipinski definition) is 0. The number of ether oxygens (including phenoxy) is 1. The molecule has 0 bridgehead atoms. The van der Waals surface area contributed by atoms with Gasteiger partial charge < -0.3 is 14.5 Å². The second-order valence-electron chi connectivity index (χ2n) is 6.55. The number of aromatic nitrogens is 2. The van der Waals surface area contributed by atoms with E-state index in [9.17, 15) is 9.18 Å². The van der Waals surface area contributed by atoms with Crippen LogP contribution in [-0.2, 0) is 22.5 Å². The van der Waals surface area contributed by atoms with Crippen molar-refractivity contribution in [2.75, 3.05) is 43.5 Å². The van der Waals surface area contributed by atoms with Crippen molar-refractivity contribution in [3.8, 4) is 0 Å². The Morgan fingerprint density at radius 3 is 2.74 bits per heavy atom. The number of fused-ring (bicyclic) bond motifs is 1. The molecule has 1 saturated heterocycles. The minimum Gasteiger partial charge on any atom is -0.378 e. The Hall–Kier alpha value is -2.19. The molecule has 1 amide bonds. The van der Waals surface area contributed by atoms with Gasteiger partial charge in [-0.2, -0.15) is 0 Å². The van der Waals surface area contributed by atoms with E-state index in [0.717, 1.165) is 35.7 Å². The second-order valence-corrected chi connectivity index (χ2v) is 7.60. The molecule has 1 fully saturated rings. The lowest BCUT2D eigenvalue weighted by atomic mass is 10.1. The van der Waals surface area contributed by atoms with E-state index in [1.807, 2.05) is 11.1 Å². The van der Waals surface area contributed by atoms with Crippen LogP contribution in [0.1, 0.15) is 11.3 Å². The average Bonchev–Trinajstić information content (AvgIpc) is 2.73. The zero-order chi connectivity index (χ0) is 18.6. The largest absolute Gasteiger partial charge is 0.378 e. The third kappa shape index (κ3) is 4.39. The molecule has 4 rings (SSSR count). The highest BCUT2D eigenvalue weighted by Gasteiger charge is 2.24. The summed E-state index contributed by atoms with van der Waals surface area (Å²) in [5.41, 5.74) is 2.04. The Morgan fingerprint density at radius 2 is 1.96 bits per heavy atom. The summed E-state index contributed by atoms with van der Waals surface area (Å²) in [4.78, 5) is 26.6. The van der Waals surface area contributed by atoms with Crippen LogP contribution in [-0.4, -0.2) is 59.4 Å². The minimum atomic E-state index is -0.269. The zero-order valence-electron chi connectivity index (χ0n) is 14.9. The van der Waals surface area contributed by atoms with Gasteiger partial charge in [-0.05, 0) is 36.2 Å². The first kappa shape index (κ1) is 18.2. The van der Waals surface area contributed by atoms with E-state index in [1.165, 1.54) is 23.9 Å². The van der Waals surface area contributed by atoms with Crippen molar-refractivity contribution < 1.29 is 13.9 Å². The van der Waals surface area contributed by atoms with E-state index in [4.69, 9.17) is 9.72 Å². The third-order valence-corrected chi connectivity index (χ3v) is 5.75. The summed E-state index contributed by atoms with van der Waals surface area (Å²) < 4.78 is 18.4. The van der Waals surface area contributed by atoms with Gasteiger partial charge in [0.2, 0.25) is 11.9 Å². The number of hydrogen-bond acceptors (Lipinski definition) is 6. The number of halogens is 1. The molecular weight excluding hydrogens is 367 g/mol. The van der Waals surface area contributed by atoms with Crippen LogP contribution in [0.3, 0.4) is 0 Å². The number of rotatable bonds is 4. The number of benzene rings is 1. The molecule has 8 heteroatoms. The molecule has 27 heavy (non-hydrogen) atoms. The maximum absolute atomic E-state index is 13.0. The van der Waals surface area contributed by atoms with Crippen molar-refractivity contribution >= 4 is 23.6 Å². The van der Waals surface area contributed by atoms with E-state index in [2.05, 4.69) is 9.88 Å². The molecule has 142 valence electrons. The summed E-state index contributed by atoms with van der Waals surface area (Å²) in [6.45, 7) is 4.14. The molecular formula is C19H21FN4O2S. The van der Waals surface area contributed by atoms with Crippen molar-refractivity contribution in [2.45, 2.75) is 17.9 Å². The molecule has 2 aliphatic rings. The number of morpholine rings is 1. The predicted octanol–water partition coefficient (Wildman–Crippen LogP) is 2.13. The molecule has 6 nitrogen and oxygen atoms in total. The van der Waals surface area contributed by atoms with E-state index in [-0.39, 0.29) is 11.7 Å².